The second kappa shape index (κ2) is 29.8. The molecule has 9 N–H and O–H groups in total. The van der Waals surface area contributed by atoms with E-state index >= 15 is 13.2 Å². The number of allylic oxidation sites excluding steroid dienone is 4. The van der Waals surface area contributed by atoms with Gasteiger partial charge in [0.25, 0.3) is 11.8 Å². The third-order valence-corrected chi connectivity index (χ3v) is 15.8. The number of carbonyl (C=O) groups is 9. The number of aliphatic hydroxyl groups is 1. The Morgan fingerprint density at radius 1 is 0.977 bits per heavy atom. The molecule has 88 heavy (non-hydrogen) atoms. The summed E-state index contributed by atoms with van der Waals surface area (Å²) in [7, 11) is 5.48. The molecule has 9 amide bonds. The number of benzene rings is 2. The smallest absolute Gasteiger partial charge is 0.418 e. The summed E-state index contributed by atoms with van der Waals surface area (Å²) in [5.74, 6) is -5.21. The first-order valence-corrected chi connectivity index (χ1v) is 28.5. The lowest BCUT2D eigenvalue weighted by Gasteiger charge is -2.42. The molecule has 1 unspecified atom stereocenters. The first-order valence-electron chi connectivity index (χ1n) is 28.2. The third-order valence-electron chi connectivity index (χ3n) is 15.4. The zero-order valence-corrected chi connectivity index (χ0v) is 50.6. The van der Waals surface area contributed by atoms with E-state index in [4.69, 9.17) is 50.6 Å². The molecule has 10 atom stereocenters. The number of fused-ring (bicyclic) bond motifs is 5. The van der Waals surface area contributed by atoms with Crippen molar-refractivity contribution in [3.63, 3.8) is 0 Å². The van der Waals surface area contributed by atoms with Crippen LogP contribution in [0.25, 0.3) is 0 Å². The van der Waals surface area contributed by atoms with Crippen molar-refractivity contribution in [2.45, 2.75) is 158 Å². The van der Waals surface area contributed by atoms with Crippen LogP contribution in [0.5, 0.6) is 5.75 Å². The number of epoxide rings is 1. The third kappa shape index (κ3) is 17.8. The van der Waals surface area contributed by atoms with Crippen LogP contribution in [0.2, 0.25) is 5.02 Å². The van der Waals surface area contributed by atoms with Crippen LogP contribution in [0.3, 0.4) is 0 Å². The van der Waals surface area contributed by atoms with E-state index in [-0.39, 0.29) is 74.4 Å². The summed E-state index contributed by atoms with van der Waals surface area (Å²) in [5.41, 5.74) is 0.953. The topological polar surface area (TPSA) is 346 Å². The number of nitrogens with two attached hydrogens (primary N) is 1. The average Bonchev–Trinajstić information content (AvgIpc) is 2.30. The summed E-state index contributed by atoms with van der Waals surface area (Å²) in [6, 6.07) is 2.06. The van der Waals surface area contributed by atoms with Crippen molar-refractivity contribution < 1.29 is 94.7 Å². The maximum Gasteiger partial charge on any atom is 0.418 e. The van der Waals surface area contributed by atoms with Crippen molar-refractivity contribution in [3.8, 4) is 5.75 Å². The highest BCUT2D eigenvalue weighted by atomic mass is 35.5. The Morgan fingerprint density at radius 3 is 2.32 bits per heavy atom. The number of carbonyl (C=O) groups excluding carboxylic acids is 9. The molecule has 6 rings (SSSR count). The molecule has 26 nitrogen and oxygen atoms in total. The number of nitrogens with zero attached hydrogens (tertiary/aromatic N) is 2. The molecule has 0 spiro atoms. The van der Waals surface area contributed by atoms with E-state index in [9.17, 15) is 48.3 Å². The fourth-order valence-electron chi connectivity index (χ4n) is 10.4. The largest absolute Gasteiger partial charge is 0.495 e. The Kier molecular flexibility index (Phi) is 23.4. The van der Waals surface area contributed by atoms with Crippen LogP contribution in [-0.2, 0) is 69.9 Å². The SMILES string of the molecule is C=C(CCCCC(=O)ON1C(=O)CCC1=O)N[C@H](C(=O)N[C@@H](CCCNC(N)=O)C(=O)Nc1ccc(NC(=O)O[C@H]2CC(=O)N(C)c3cc(cc(OC)c3Cl)C/C(C)=C/C=C/[C@@H](OC)[C@@]3(O)C[C@H](OC(=O)N3)[C@@H](C)[C@@H]3O[C@@]23C)cc1C(F)(F)F)C(C)OC. The minimum atomic E-state index is -5.19. The summed E-state index contributed by atoms with van der Waals surface area (Å²) in [5, 5.41) is 27.2. The van der Waals surface area contributed by atoms with Gasteiger partial charge in [-0.3, -0.25) is 34.6 Å². The van der Waals surface area contributed by atoms with Crippen molar-refractivity contribution in [2.75, 3.05) is 50.5 Å². The van der Waals surface area contributed by atoms with Gasteiger partial charge in [-0.15, -0.1) is 5.06 Å². The monoisotopic (exact) mass is 1260 g/mol. The van der Waals surface area contributed by atoms with Crippen LogP contribution in [-0.4, -0.2) is 153 Å². The maximum atomic E-state index is 15.1. The molecule has 482 valence electrons. The van der Waals surface area contributed by atoms with Gasteiger partial charge in [0.2, 0.25) is 17.7 Å². The van der Waals surface area contributed by atoms with E-state index in [0.29, 0.717) is 35.2 Å². The number of hydrogen-bond donors (Lipinski definition) is 8. The van der Waals surface area contributed by atoms with E-state index in [1.807, 2.05) is 6.92 Å². The first-order chi connectivity index (χ1) is 41.4. The van der Waals surface area contributed by atoms with E-state index < -0.39 is 143 Å². The van der Waals surface area contributed by atoms with Crippen molar-refractivity contribution in [1.29, 1.82) is 0 Å². The van der Waals surface area contributed by atoms with E-state index in [2.05, 4.69) is 38.5 Å². The van der Waals surface area contributed by atoms with E-state index in [1.54, 1.807) is 37.3 Å². The molecule has 0 aliphatic carbocycles. The number of anilines is 3. The number of ether oxygens (including phenoxy) is 6. The number of rotatable bonds is 22. The molecule has 0 radical (unpaired) electrons. The van der Waals surface area contributed by atoms with Gasteiger partial charge >= 0.3 is 30.4 Å². The number of nitrogens with one attached hydrogen (secondary N) is 6. The molecule has 2 aromatic carbocycles. The Balaban J connectivity index is 1.21. The van der Waals surface area contributed by atoms with Crippen molar-refractivity contribution in [3.05, 3.63) is 82.6 Å². The lowest BCUT2D eigenvalue weighted by molar-refractivity contribution is -0.197. The summed E-state index contributed by atoms with van der Waals surface area (Å²) >= 11 is 6.79. The number of hydrogen-bond acceptors (Lipinski definition) is 18. The molecule has 3 saturated heterocycles. The van der Waals surface area contributed by atoms with Gasteiger partial charge in [0.1, 0.15) is 46.8 Å². The normalized spacial score (nSPS) is 25.0. The van der Waals surface area contributed by atoms with Gasteiger partial charge in [-0.1, -0.05) is 48.9 Å². The lowest BCUT2D eigenvalue weighted by Crippen LogP contribution is -2.63. The van der Waals surface area contributed by atoms with Crippen molar-refractivity contribution in [1.82, 2.24) is 26.3 Å². The van der Waals surface area contributed by atoms with E-state index in [0.717, 1.165) is 17.7 Å². The summed E-state index contributed by atoms with van der Waals surface area (Å²) in [6.07, 6.45) is -8.23. The second-order valence-electron chi connectivity index (χ2n) is 22.0. The number of methoxy groups -OCH3 is 3. The number of unbranched alkanes of at least 4 members (excludes halogenated alkanes) is 1. The zero-order chi connectivity index (χ0) is 65.0. The van der Waals surface area contributed by atoms with Crippen LogP contribution < -0.4 is 47.3 Å². The predicted molar refractivity (Wildman–Crippen MR) is 310 cm³/mol. The Hall–Kier alpha value is -7.99. The van der Waals surface area contributed by atoms with Gasteiger partial charge in [-0.25, -0.2) is 19.2 Å². The first kappa shape index (κ1) is 69.1. The molecule has 4 aliphatic heterocycles. The van der Waals surface area contributed by atoms with Gasteiger partial charge < -0.3 is 70.3 Å². The number of imide groups is 1. The number of urea groups is 1. The maximum absolute atomic E-state index is 15.1. The van der Waals surface area contributed by atoms with Gasteiger partial charge in [-0.05, 0) is 95.2 Å². The number of halogens is 4. The standard InChI is InChI=1S/C58H75ClF3N9O17/c1-30-14-12-17-42(84-9)57(81)29-41(85-55(80)69-57)32(3)50-56(5,87-50)43(28-46(74)70(6)39-25-34(24-30)26-40(83-8)48(39)59)86-54(79)66-35-19-20-37(36(27-35)58(60,61)62)67-51(76)38(16-13-23-64-53(63)78)68-52(77)49(33(4)82-7)65-31(2)15-10-11-18-47(75)88-71-44(72)21-22-45(71)73/h12,14,17,19-20,25-27,32-33,38,41-43,49-50,65,81H,2,10-11,13,15-16,18,21-24,28-29H2,1,3-9H3,(H,66,79)(H,67,76)(H,68,77)(H,69,80)(H3,63,64,78)/b17-12+,30-14+/t32-,33?,38+,41+,42-,43+,49+,50+,56+,57+/m1/s1. The van der Waals surface area contributed by atoms with E-state index in [1.165, 1.54) is 47.1 Å². The molecule has 4 heterocycles. The van der Waals surface area contributed by atoms with Crippen molar-refractivity contribution >= 4 is 82.4 Å². The van der Waals surface area contributed by atoms with Crippen molar-refractivity contribution in [2.24, 2.45) is 11.7 Å². The number of amides is 9. The molecule has 0 saturated carbocycles. The fourth-order valence-corrected chi connectivity index (χ4v) is 10.7. The van der Waals surface area contributed by atoms with Gasteiger partial charge in [-0.2, -0.15) is 13.2 Å². The van der Waals surface area contributed by atoms with Gasteiger partial charge in [0.05, 0.1) is 42.7 Å². The fraction of sp³-hybridized carbons (Fsp3) is 0.534. The molecule has 0 aromatic heterocycles. The average molecular weight is 1260 g/mol. The van der Waals surface area contributed by atoms with Crippen LogP contribution >= 0.6 is 11.6 Å². The molecule has 3 fully saturated rings. The van der Waals surface area contributed by atoms with Gasteiger partial charge in [0, 0.05) is 70.8 Å². The summed E-state index contributed by atoms with van der Waals surface area (Å²) in [4.78, 5) is 123. The number of primary amides is 1. The Bertz CT molecular complexity index is 3040. The van der Waals surface area contributed by atoms with Crippen LogP contribution in [0, 0.1) is 5.92 Å². The van der Waals surface area contributed by atoms with Crippen LogP contribution in [0.1, 0.15) is 103 Å². The molecule has 4 aliphatic rings. The zero-order valence-electron chi connectivity index (χ0n) is 49.9. The summed E-state index contributed by atoms with van der Waals surface area (Å²) < 4.78 is 79.6. The minimum Gasteiger partial charge on any atom is -0.495 e. The van der Waals surface area contributed by atoms with Gasteiger partial charge in [0.15, 0.2) is 5.72 Å². The highest BCUT2D eigenvalue weighted by molar-refractivity contribution is 6.35. The molecular weight excluding hydrogens is 1190 g/mol. The molecule has 2 aromatic rings. The molecule has 30 heteroatoms. The number of alkyl halides is 3. The van der Waals surface area contributed by atoms with Crippen LogP contribution in [0.15, 0.2) is 66.4 Å². The lowest BCUT2D eigenvalue weighted by atomic mass is 9.83. The summed E-state index contributed by atoms with van der Waals surface area (Å²) in [6.45, 7) is 10.4. The van der Waals surface area contributed by atoms with Crippen LogP contribution in [0.4, 0.5) is 44.6 Å². The molecular formula is C58H75ClF3N9O17. The highest BCUT2D eigenvalue weighted by Crippen LogP contribution is 2.49. The quantitative estimate of drug-likeness (QED) is 0.0384. The number of hydroxylamine groups is 2. The highest BCUT2D eigenvalue weighted by Gasteiger charge is 2.64. The predicted octanol–water partition coefficient (Wildman–Crippen LogP) is 5.94. The minimum absolute atomic E-state index is 0.00705. The Labute approximate surface area is 510 Å². The second-order valence-corrected chi connectivity index (χ2v) is 22.4. The number of alkyl carbamates (subject to hydrolysis) is 1. The molecule has 4 bridgehead atoms. The Morgan fingerprint density at radius 2 is 1.67 bits per heavy atom.